The van der Waals surface area contributed by atoms with Crippen LogP contribution in [0.5, 0.6) is 11.5 Å². The SMILES string of the molecule is COc1cccc2c(OC)c(CC3(O)CC3)ccc12. The Bertz CT molecular complexity index is 615. The lowest BCUT2D eigenvalue weighted by molar-refractivity contribution is 0.150. The quantitative estimate of drug-likeness (QED) is 0.916. The standard InChI is InChI=1S/C16H18O3/c1-18-14-5-3-4-13-12(14)7-6-11(15(13)19-2)10-16(17)8-9-16/h3-7,17H,8-10H2,1-2H3. The van der Waals surface area contributed by atoms with Crippen LogP contribution in [0.1, 0.15) is 18.4 Å². The summed E-state index contributed by atoms with van der Waals surface area (Å²) < 4.78 is 10.9. The Morgan fingerprint density at radius 3 is 2.47 bits per heavy atom. The van der Waals surface area contributed by atoms with Gasteiger partial charge in [-0.25, -0.2) is 0 Å². The molecule has 3 heteroatoms. The molecule has 0 amide bonds. The lowest BCUT2D eigenvalue weighted by Crippen LogP contribution is -2.11. The van der Waals surface area contributed by atoms with E-state index in [1.807, 2.05) is 30.3 Å². The summed E-state index contributed by atoms with van der Waals surface area (Å²) in [5, 5.41) is 12.2. The fourth-order valence-corrected chi connectivity index (χ4v) is 2.58. The van der Waals surface area contributed by atoms with Crippen LogP contribution in [0.25, 0.3) is 10.8 Å². The van der Waals surface area contributed by atoms with Crippen LogP contribution in [-0.2, 0) is 6.42 Å². The largest absolute Gasteiger partial charge is 0.496 e. The average molecular weight is 258 g/mol. The van der Waals surface area contributed by atoms with Crippen LogP contribution in [0, 0.1) is 0 Å². The molecule has 19 heavy (non-hydrogen) atoms. The van der Waals surface area contributed by atoms with E-state index in [2.05, 4.69) is 0 Å². The van der Waals surface area contributed by atoms with Crippen molar-refractivity contribution in [1.82, 2.24) is 0 Å². The summed E-state index contributed by atoms with van der Waals surface area (Å²) in [5.41, 5.74) is 0.545. The molecular weight excluding hydrogens is 240 g/mol. The first kappa shape index (κ1) is 12.3. The van der Waals surface area contributed by atoms with Crippen molar-refractivity contribution in [2.45, 2.75) is 24.9 Å². The highest BCUT2D eigenvalue weighted by molar-refractivity contribution is 5.94. The van der Waals surface area contributed by atoms with Crippen LogP contribution < -0.4 is 9.47 Å². The maximum atomic E-state index is 10.1. The molecule has 0 unspecified atom stereocenters. The van der Waals surface area contributed by atoms with Crippen molar-refractivity contribution >= 4 is 10.8 Å². The van der Waals surface area contributed by atoms with Crippen LogP contribution in [0.2, 0.25) is 0 Å². The average Bonchev–Trinajstić information content (AvgIpc) is 3.15. The zero-order chi connectivity index (χ0) is 13.5. The van der Waals surface area contributed by atoms with E-state index >= 15 is 0 Å². The molecule has 100 valence electrons. The number of ether oxygens (including phenoxy) is 2. The fraction of sp³-hybridized carbons (Fsp3) is 0.375. The van der Waals surface area contributed by atoms with Gasteiger partial charge in [-0.05, 0) is 24.5 Å². The maximum Gasteiger partial charge on any atom is 0.130 e. The van der Waals surface area contributed by atoms with E-state index in [9.17, 15) is 5.11 Å². The monoisotopic (exact) mass is 258 g/mol. The molecule has 1 saturated carbocycles. The molecule has 1 N–H and O–H groups in total. The van der Waals surface area contributed by atoms with Gasteiger partial charge in [0.05, 0.1) is 19.8 Å². The van der Waals surface area contributed by atoms with Gasteiger partial charge in [0.25, 0.3) is 0 Å². The van der Waals surface area contributed by atoms with Gasteiger partial charge in [0.15, 0.2) is 0 Å². The van der Waals surface area contributed by atoms with E-state index in [-0.39, 0.29) is 0 Å². The summed E-state index contributed by atoms with van der Waals surface area (Å²) in [6.45, 7) is 0. The van der Waals surface area contributed by atoms with E-state index in [0.717, 1.165) is 40.7 Å². The zero-order valence-corrected chi connectivity index (χ0v) is 11.3. The second kappa shape index (κ2) is 4.42. The molecule has 0 saturated heterocycles. The number of hydrogen-bond acceptors (Lipinski definition) is 3. The van der Waals surface area contributed by atoms with Gasteiger partial charge in [0, 0.05) is 17.2 Å². The molecule has 3 nitrogen and oxygen atoms in total. The summed E-state index contributed by atoms with van der Waals surface area (Å²) in [6.07, 6.45) is 2.42. The number of fused-ring (bicyclic) bond motifs is 1. The molecule has 1 aliphatic carbocycles. The molecule has 0 bridgehead atoms. The Hall–Kier alpha value is -1.74. The molecule has 0 aromatic heterocycles. The Labute approximate surface area is 112 Å². The van der Waals surface area contributed by atoms with Crippen molar-refractivity contribution in [2.75, 3.05) is 14.2 Å². The summed E-state index contributed by atoms with van der Waals surface area (Å²) in [7, 11) is 3.34. The molecule has 0 radical (unpaired) electrons. The highest BCUT2D eigenvalue weighted by atomic mass is 16.5. The van der Waals surface area contributed by atoms with Crippen LogP contribution in [0.3, 0.4) is 0 Å². The van der Waals surface area contributed by atoms with Gasteiger partial charge in [-0.15, -0.1) is 0 Å². The Morgan fingerprint density at radius 1 is 1.05 bits per heavy atom. The summed E-state index contributed by atoms with van der Waals surface area (Å²) >= 11 is 0. The highest BCUT2D eigenvalue weighted by Crippen LogP contribution is 2.42. The first-order valence-corrected chi connectivity index (χ1v) is 6.52. The number of methoxy groups -OCH3 is 2. The van der Waals surface area contributed by atoms with Crippen molar-refractivity contribution < 1.29 is 14.6 Å². The molecule has 2 aromatic carbocycles. The topological polar surface area (TPSA) is 38.7 Å². The molecule has 0 spiro atoms. The van der Waals surface area contributed by atoms with Gasteiger partial charge in [-0.3, -0.25) is 0 Å². The zero-order valence-electron chi connectivity index (χ0n) is 11.3. The lowest BCUT2D eigenvalue weighted by Gasteiger charge is -2.15. The van der Waals surface area contributed by atoms with E-state index in [1.165, 1.54) is 0 Å². The van der Waals surface area contributed by atoms with Crippen LogP contribution >= 0.6 is 0 Å². The van der Waals surface area contributed by atoms with Gasteiger partial charge in [0.1, 0.15) is 11.5 Å². The minimum Gasteiger partial charge on any atom is -0.496 e. The van der Waals surface area contributed by atoms with Crippen LogP contribution in [0.15, 0.2) is 30.3 Å². The maximum absolute atomic E-state index is 10.1. The summed E-state index contributed by atoms with van der Waals surface area (Å²) in [5.74, 6) is 1.68. The fourth-order valence-electron chi connectivity index (χ4n) is 2.58. The Morgan fingerprint density at radius 2 is 1.84 bits per heavy atom. The third-order valence-electron chi connectivity index (χ3n) is 3.82. The van der Waals surface area contributed by atoms with Gasteiger partial charge in [-0.1, -0.05) is 24.3 Å². The third kappa shape index (κ3) is 2.15. The third-order valence-corrected chi connectivity index (χ3v) is 3.82. The normalized spacial score (nSPS) is 16.4. The van der Waals surface area contributed by atoms with E-state index in [0.29, 0.717) is 6.42 Å². The first-order chi connectivity index (χ1) is 9.17. The van der Waals surface area contributed by atoms with Gasteiger partial charge in [-0.2, -0.15) is 0 Å². The van der Waals surface area contributed by atoms with Crippen molar-refractivity contribution in [3.8, 4) is 11.5 Å². The van der Waals surface area contributed by atoms with E-state index in [1.54, 1.807) is 14.2 Å². The minimum atomic E-state index is -0.514. The smallest absolute Gasteiger partial charge is 0.130 e. The number of benzene rings is 2. The van der Waals surface area contributed by atoms with Crippen LogP contribution in [-0.4, -0.2) is 24.9 Å². The highest BCUT2D eigenvalue weighted by Gasteiger charge is 2.40. The van der Waals surface area contributed by atoms with Gasteiger partial charge in [0.2, 0.25) is 0 Å². The lowest BCUT2D eigenvalue weighted by atomic mass is 9.99. The van der Waals surface area contributed by atoms with Gasteiger partial charge >= 0.3 is 0 Å². The number of rotatable bonds is 4. The first-order valence-electron chi connectivity index (χ1n) is 6.52. The predicted octanol–water partition coefficient (Wildman–Crippen LogP) is 2.92. The van der Waals surface area contributed by atoms with Crippen LogP contribution in [0.4, 0.5) is 0 Å². The van der Waals surface area contributed by atoms with Crippen molar-refractivity contribution in [1.29, 1.82) is 0 Å². The molecule has 1 fully saturated rings. The molecule has 2 aromatic rings. The van der Waals surface area contributed by atoms with Crippen molar-refractivity contribution in [3.05, 3.63) is 35.9 Å². The minimum absolute atomic E-state index is 0.514. The molecule has 3 rings (SSSR count). The number of hydrogen-bond donors (Lipinski definition) is 1. The molecule has 0 atom stereocenters. The molecule has 0 heterocycles. The summed E-state index contributed by atoms with van der Waals surface area (Å²) in [4.78, 5) is 0. The number of aliphatic hydroxyl groups is 1. The molecule has 1 aliphatic rings. The molecular formula is C16H18O3. The molecule has 0 aliphatic heterocycles. The van der Waals surface area contributed by atoms with Crippen molar-refractivity contribution in [3.63, 3.8) is 0 Å². The van der Waals surface area contributed by atoms with Crippen molar-refractivity contribution in [2.24, 2.45) is 0 Å². The Kier molecular flexibility index (Phi) is 2.86. The second-order valence-corrected chi connectivity index (χ2v) is 5.21. The summed E-state index contributed by atoms with van der Waals surface area (Å²) in [6, 6.07) is 9.99. The van der Waals surface area contributed by atoms with E-state index in [4.69, 9.17) is 9.47 Å². The second-order valence-electron chi connectivity index (χ2n) is 5.21. The van der Waals surface area contributed by atoms with E-state index < -0.39 is 5.60 Å². The van der Waals surface area contributed by atoms with Gasteiger partial charge < -0.3 is 14.6 Å². The Balaban J connectivity index is 2.14. The predicted molar refractivity (Wildman–Crippen MR) is 74.9 cm³/mol.